The van der Waals surface area contributed by atoms with Crippen LogP contribution in [0.4, 0.5) is 0 Å². The van der Waals surface area contributed by atoms with Crippen molar-refractivity contribution in [2.24, 2.45) is 11.8 Å². The number of hydrogen-bond acceptors (Lipinski definition) is 15. The fourth-order valence-corrected chi connectivity index (χ4v) is 14.6. The number of unbranched alkanes of at least 4 members (excludes halogenated alkanes) is 53. The smallest absolute Gasteiger partial charge is 0.462 e. The second-order valence-electron chi connectivity index (χ2n) is 31.2. The first kappa shape index (κ1) is 101. The van der Waals surface area contributed by atoms with Crippen molar-refractivity contribution in [3.63, 3.8) is 0 Å². The van der Waals surface area contributed by atoms with Gasteiger partial charge in [-0.1, -0.05) is 395 Å². The molecule has 0 fully saturated rings. The highest BCUT2D eigenvalue weighted by molar-refractivity contribution is 7.47. The molecule has 0 rings (SSSR count). The summed E-state index contributed by atoms with van der Waals surface area (Å²) in [4.78, 5) is 73.1. The van der Waals surface area contributed by atoms with E-state index < -0.39 is 97.5 Å². The van der Waals surface area contributed by atoms with Gasteiger partial charge in [-0.2, -0.15) is 0 Å². The van der Waals surface area contributed by atoms with Gasteiger partial charge in [0.25, 0.3) is 0 Å². The number of aliphatic hydroxyl groups excluding tert-OH is 1. The van der Waals surface area contributed by atoms with E-state index in [0.29, 0.717) is 25.7 Å². The molecule has 0 saturated heterocycles. The van der Waals surface area contributed by atoms with Crippen molar-refractivity contribution in [3.8, 4) is 0 Å². The van der Waals surface area contributed by atoms with Crippen LogP contribution in [0.15, 0.2) is 0 Å². The molecule has 0 aromatic carbocycles. The summed E-state index contributed by atoms with van der Waals surface area (Å²) < 4.78 is 68.8. The van der Waals surface area contributed by atoms with Crippen LogP contribution in [0.3, 0.4) is 0 Å². The van der Waals surface area contributed by atoms with Crippen LogP contribution in [0.1, 0.15) is 446 Å². The zero-order chi connectivity index (χ0) is 75.6. The van der Waals surface area contributed by atoms with E-state index >= 15 is 0 Å². The Balaban J connectivity index is 5.23. The summed E-state index contributed by atoms with van der Waals surface area (Å²) >= 11 is 0. The van der Waals surface area contributed by atoms with Crippen LogP contribution in [-0.2, 0) is 65.4 Å². The number of phosphoric ester groups is 2. The van der Waals surface area contributed by atoms with Gasteiger partial charge in [-0.05, 0) is 37.5 Å². The lowest BCUT2D eigenvalue weighted by molar-refractivity contribution is -0.161. The van der Waals surface area contributed by atoms with Crippen molar-refractivity contribution in [2.45, 2.75) is 464 Å². The molecule has 612 valence electrons. The van der Waals surface area contributed by atoms with Gasteiger partial charge < -0.3 is 33.8 Å². The van der Waals surface area contributed by atoms with Crippen LogP contribution in [0, 0.1) is 11.8 Å². The summed E-state index contributed by atoms with van der Waals surface area (Å²) in [5.41, 5.74) is 0. The zero-order valence-corrected chi connectivity index (χ0v) is 69.4. The minimum atomic E-state index is -4.96. The number of carbonyl (C=O) groups is 4. The quantitative estimate of drug-likeness (QED) is 0.0222. The molecule has 0 bridgehead atoms. The van der Waals surface area contributed by atoms with Gasteiger partial charge in [-0.25, -0.2) is 9.13 Å². The van der Waals surface area contributed by atoms with Crippen LogP contribution >= 0.6 is 15.6 Å². The van der Waals surface area contributed by atoms with Crippen LogP contribution < -0.4 is 0 Å². The van der Waals surface area contributed by atoms with E-state index in [-0.39, 0.29) is 25.7 Å². The number of esters is 4. The van der Waals surface area contributed by atoms with Gasteiger partial charge in [0.1, 0.15) is 19.3 Å². The molecule has 0 aromatic heterocycles. The molecule has 0 aliphatic carbocycles. The van der Waals surface area contributed by atoms with E-state index in [9.17, 15) is 43.2 Å². The molecular weight excluding hydrogens is 1340 g/mol. The van der Waals surface area contributed by atoms with Gasteiger partial charge in [-0.15, -0.1) is 0 Å². The minimum absolute atomic E-state index is 0.107. The van der Waals surface area contributed by atoms with Crippen molar-refractivity contribution in [1.82, 2.24) is 0 Å². The molecule has 103 heavy (non-hydrogen) atoms. The first-order valence-corrected chi connectivity index (χ1v) is 46.5. The maximum atomic E-state index is 13.1. The summed E-state index contributed by atoms with van der Waals surface area (Å²) in [5.74, 6) is -0.540. The van der Waals surface area contributed by atoms with Gasteiger partial charge in [0.15, 0.2) is 12.2 Å². The van der Waals surface area contributed by atoms with Crippen molar-refractivity contribution in [2.75, 3.05) is 39.6 Å². The third kappa shape index (κ3) is 78.0. The predicted octanol–water partition coefficient (Wildman–Crippen LogP) is 25.5. The Bertz CT molecular complexity index is 1980. The average Bonchev–Trinajstić information content (AvgIpc) is 0.915. The average molecular weight is 1510 g/mol. The van der Waals surface area contributed by atoms with Crippen LogP contribution in [-0.4, -0.2) is 96.7 Å². The van der Waals surface area contributed by atoms with Crippen molar-refractivity contribution < 1.29 is 80.2 Å². The fraction of sp³-hybridized carbons (Fsp3) is 0.952. The van der Waals surface area contributed by atoms with Gasteiger partial charge >= 0.3 is 39.5 Å². The standard InChI is InChI=1S/C84H164O17P2/c1-7-9-11-13-15-17-19-20-21-22-23-24-25-26-27-32-38-44-50-56-62-68-83(88)100-80(73-95-82(87)67-61-55-49-43-37-31-29-28-30-35-40-46-52-58-64-76(3)4)75-99-103(92,93)97-71-78(85)70-96-102(90,91)98-74-79(72-94-81(86)66-60-54-48-42-34-18-16-14-12-10-8-2)101-84(89)69-63-57-51-45-39-33-36-41-47-53-59-65-77(5)6/h76-80,85H,7-75H2,1-6H3,(H,90,91)(H,92,93)/t78-,79+,80+/m0/s1. The molecule has 5 atom stereocenters. The molecule has 0 heterocycles. The van der Waals surface area contributed by atoms with E-state index in [2.05, 4.69) is 41.5 Å². The topological polar surface area (TPSA) is 237 Å². The van der Waals surface area contributed by atoms with E-state index in [1.807, 2.05) is 0 Å². The van der Waals surface area contributed by atoms with E-state index in [0.717, 1.165) is 102 Å². The SMILES string of the molecule is CCCCCCCCCCCCCCCCCCCCCCCC(=O)O[C@H](COC(=O)CCCCCCCCCCCCCCCCC(C)C)COP(=O)(O)OC[C@@H](O)COP(=O)(O)OC[C@@H](COC(=O)CCCCCCCCCCCCC)OC(=O)CCCCCCCCCCCCCC(C)C. The van der Waals surface area contributed by atoms with Gasteiger partial charge in [-0.3, -0.25) is 37.3 Å². The summed E-state index contributed by atoms with van der Waals surface area (Å²) in [7, 11) is -9.92. The van der Waals surface area contributed by atoms with Crippen molar-refractivity contribution >= 4 is 39.5 Å². The highest BCUT2D eigenvalue weighted by Crippen LogP contribution is 2.45. The molecule has 3 N–H and O–H groups in total. The lowest BCUT2D eigenvalue weighted by Crippen LogP contribution is -2.30. The molecule has 0 amide bonds. The number of rotatable bonds is 83. The number of ether oxygens (including phenoxy) is 4. The van der Waals surface area contributed by atoms with Crippen LogP contribution in [0.5, 0.6) is 0 Å². The Morgan fingerprint density at radius 3 is 0.660 bits per heavy atom. The van der Waals surface area contributed by atoms with Crippen LogP contribution in [0.25, 0.3) is 0 Å². The third-order valence-electron chi connectivity index (χ3n) is 19.7. The zero-order valence-electron chi connectivity index (χ0n) is 67.6. The van der Waals surface area contributed by atoms with E-state index in [1.54, 1.807) is 0 Å². The lowest BCUT2D eigenvalue weighted by atomic mass is 10.0. The molecule has 0 spiro atoms. The second-order valence-corrected chi connectivity index (χ2v) is 34.1. The first-order chi connectivity index (χ1) is 49.9. The number of phosphoric acid groups is 2. The van der Waals surface area contributed by atoms with E-state index in [4.69, 9.17) is 37.0 Å². The fourth-order valence-electron chi connectivity index (χ4n) is 13.1. The summed E-state index contributed by atoms with van der Waals surface area (Å²) in [6.45, 7) is 9.68. The minimum Gasteiger partial charge on any atom is -0.462 e. The van der Waals surface area contributed by atoms with Crippen molar-refractivity contribution in [3.05, 3.63) is 0 Å². The predicted molar refractivity (Wildman–Crippen MR) is 423 cm³/mol. The van der Waals surface area contributed by atoms with Gasteiger partial charge in [0.2, 0.25) is 0 Å². The highest BCUT2D eigenvalue weighted by atomic mass is 31.2. The summed E-state index contributed by atoms with van der Waals surface area (Å²) in [6.07, 6.45) is 66.6. The number of hydrogen-bond donors (Lipinski definition) is 3. The Morgan fingerprint density at radius 2 is 0.447 bits per heavy atom. The Morgan fingerprint density at radius 1 is 0.262 bits per heavy atom. The molecule has 0 aliphatic rings. The normalized spacial score (nSPS) is 13.9. The summed E-state index contributed by atoms with van der Waals surface area (Å²) in [6, 6.07) is 0. The molecular formula is C84H164O17P2. The Kier molecular flexibility index (Phi) is 74.1. The molecule has 0 aromatic rings. The molecule has 2 unspecified atom stereocenters. The molecule has 0 saturated carbocycles. The number of carbonyl (C=O) groups excluding carboxylic acids is 4. The second kappa shape index (κ2) is 75.5. The Labute approximate surface area is 632 Å². The van der Waals surface area contributed by atoms with Crippen molar-refractivity contribution in [1.29, 1.82) is 0 Å². The molecule has 19 heteroatoms. The van der Waals surface area contributed by atoms with Gasteiger partial charge in [0, 0.05) is 25.7 Å². The monoisotopic (exact) mass is 1510 g/mol. The third-order valence-corrected chi connectivity index (χ3v) is 21.6. The maximum Gasteiger partial charge on any atom is 0.472 e. The van der Waals surface area contributed by atoms with Gasteiger partial charge in [0.05, 0.1) is 26.4 Å². The first-order valence-electron chi connectivity index (χ1n) is 43.5. The summed E-state index contributed by atoms with van der Waals surface area (Å²) in [5, 5.41) is 10.7. The maximum absolute atomic E-state index is 13.1. The number of aliphatic hydroxyl groups is 1. The largest absolute Gasteiger partial charge is 0.472 e. The highest BCUT2D eigenvalue weighted by Gasteiger charge is 2.30. The molecule has 0 aliphatic heterocycles. The lowest BCUT2D eigenvalue weighted by Gasteiger charge is -2.21. The van der Waals surface area contributed by atoms with E-state index in [1.165, 1.54) is 263 Å². The molecule has 17 nitrogen and oxygen atoms in total. The molecule has 0 radical (unpaired) electrons. The van der Waals surface area contributed by atoms with Crippen LogP contribution in [0.2, 0.25) is 0 Å². The Hall–Kier alpha value is -1.94.